The van der Waals surface area contributed by atoms with E-state index in [0.717, 1.165) is 28.6 Å². The Morgan fingerprint density at radius 1 is 1.25 bits per heavy atom. The lowest BCUT2D eigenvalue weighted by molar-refractivity contribution is 0.374. The molecule has 0 radical (unpaired) electrons. The second-order valence-electron chi connectivity index (χ2n) is 5.41. The maximum Gasteiger partial charge on any atom is 0.152 e. The molecule has 1 aliphatic carbocycles. The average Bonchev–Trinajstić information content (AvgIpc) is 2.39. The van der Waals surface area contributed by atoms with E-state index >= 15 is 0 Å². The maximum atomic E-state index is 6.11. The smallest absolute Gasteiger partial charge is 0.152 e. The molecule has 20 heavy (non-hydrogen) atoms. The summed E-state index contributed by atoms with van der Waals surface area (Å²) >= 11 is 9.58. The van der Waals surface area contributed by atoms with Crippen molar-refractivity contribution in [3.05, 3.63) is 57.3 Å². The van der Waals surface area contributed by atoms with Gasteiger partial charge in [-0.05, 0) is 55.0 Å². The monoisotopic (exact) mass is 350 g/mol. The SMILES string of the molecule is Cc1cnc(Cl)c(NC2CC(c3ccc(Br)cc3)C2)c1. The van der Waals surface area contributed by atoms with Gasteiger partial charge in [0.25, 0.3) is 0 Å². The molecule has 104 valence electrons. The summed E-state index contributed by atoms with van der Waals surface area (Å²) in [5.74, 6) is 0.650. The molecule has 0 unspecified atom stereocenters. The fourth-order valence-electron chi connectivity index (χ4n) is 2.62. The Balaban J connectivity index is 1.60. The van der Waals surface area contributed by atoms with E-state index in [9.17, 15) is 0 Å². The second kappa shape index (κ2) is 5.74. The highest BCUT2D eigenvalue weighted by Gasteiger charge is 2.30. The Labute approximate surface area is 132 Å². The molecule has 0 saturated heterocycles. The van der Waals surface area contributed by atoms with Crippen LogP contribution in [-0.2, 0) is 0 Å². The topological polar surface area (TPSA) is 24.9 Å². The first-order valence-corrected chi connectivity index (χ1v) is 7.93. The summed E-state index contributed by atoms with van der Waals surface area (Å²) in [5, 5.41) is 4.05. The van der Waals surface area contributed by atoms with E-state index in [2.05, 4.69) is 56.6 Å². The summed E-state index contributed by atoms with van der Waals surface area (Å²) in [5.41, 5.74) is 3.49. The van der Waals surface area contributed by atoms with Crippen LogP contribution in [0.4, 0.5) is 5.69 Å². The molecule has 1 saturated carbocycles. The van der Waals surface area contributed by atoms with Crippen LogP contribution in [0, 0.1) is 6.92 Å². The van der Waals surface area contributed by atoms with E-state index in [4.69, 9.17) is 11.6 Å². The van der Waals surface area contributed by atoms with E-state index < -0.39 is 0 Å². The molecule has 1 aliphatic rings. The molecular formula is C16H16BrClN2. The van der Waals surface area contributed by atoms with Crippen LogP contribution >= 0.6 is 27.5 Å². The third-order valence-corrected chi connectivity index (χ3v) is 4.64. The van der Waals surface area contributed by atoms with E-state index in [1.807, 2.05) is 6.92 Å². The summed E-state index contributed by atoms with van der Waals surface area (Å²) in [6, 6.07) is 11.2. The predicted octanol–water partition coefficient (Wildman–Crippen LogP) is 5.16. The predicted molar refractivity (Wildman–Crippen MR) is 87.5 cm³/mol. The van der Waals surface area contributed by atoms with Gasteiger partial charge in [-0.15, -0.1) is 0 Å². The van der Waals surface area contributed by atoms with Crippen molar-refractivity contribution < 1.29 is 0 Å². The zero-order chi connectivity index (χ0) is 14.1. The number of hydrogen-bond acceptors (Lipinski definition) is 2. The highest BCUT2D eigenvalue weighted by Crippen LogP contribution is 2.39. The van der Waals surface area contributed by atoms with Crippen LogP contribution in [0.1, 0.15) is 29.9 Å². The van der Waals surface area contributed by atoms with E-state index in [1.54, 1.807) is 6.20 Å². The molecule has 1 N–H and O–H groups in total. The summed E-state index contributed by atoms with van der Waals surface area (Å²) in [7, 11) is 0. The van der Waals surface area contributed by atoms with Crippen LogP contribution < -0.4 is 5.32 Å². The van der Waals surface area contributed by atoms with Crippen molar-refractivity contribution in [2.24, 2.45) is 0 Å². The van der Waals surface area contributed by atoms with Crippen molar-refractivity contribution in [1.29, 1.82) is 0 Å². The van der Waals surface area contributed by atoms with Crippen LogP contribution in [0.25, 0.3) is 0 Å². The van der Waals surface area contributed by atoms with Gasteiger partial charge in [0, 0.05) is 16.7 Å². The first-order chi connectivity index (χ1) is 9.61. The fraction of sp³-hybridized carbons (Fsp3) is 0.312. The van der Waals surface area contributed by atoms with Gasteiger partial charge in [-0.1, -0.05) is 39.7 Å². The Morgan fingerprint density at radius 2 is 1.95 bits per heavy atom. The van der Waals surface area contributed by atoms with Gasteiger partial charge in [0.2, 0.25) is 0 Å². The van der Waals surface area contributed by atoms with Gasteiger partial charge in [0.1, 0.15) is 0 Å². The molecule has 1 fully saturated rings. The largest absolute Gasteiger partial charge is 0.380 e. The van der Waals surface area contributed by atoms with Gasteiger partial charge in [-0.25, -0.2) is 4.98 Å². The van der Waals surface area contributed by atoms with Gasteiger partial charge in [-0.3, -0.25) is 0 Å². The van der Waals surface area contributed by atoms with Crippen molar-refractivity contribution in [2.75, 3.05) is 5.32 Å². The lowest BCUT2D eigenvalue weighted by Gasteiger charge is -2.37. The number of benzene rings is 1. The molecule has 0 aliphatic heterocycles. The molecular weight excluding hydrogens is 336 g/mol. The minimum absolute atomic E-state index is 0.491. The van der Waals surface area contributed by atoms with Gasteiger partial charge < -0.3 is 5.32 Å². The van der Waals surface area contributed by atoms with Crippen LogP contribution in [0.2, 0.25) is 5.15 Å². The molecule has 2 aromatic rings. The van der Waals surface area contributed by atoms with Gasteiger partial charge in [0.15, 0.2) is 5.15 Å². The Kier molecular flexibility index (Phi) is 3.99. The maximum absolute atomic E-state index is 6.11. The molecule has 3 rings (SSSR count). The zero-order valence-electron chi connectivity index (χ0n) is 11.2. The number of pyridine rings is 1. The highest BCUT2D eigenvalue weighted by molar-refractivity contribution is 9.10. The lowest BCUT2D eigenvalue weighted by atomic mass is 9.76. The molecule has 1 aromatic heterocycles. The number of rotatable bonds is 3. The minimum atomic E-state index is 0.491. The molecule has 0 amide bonds. The van der Waals surface area contributed by atoms with Crippen molar-refractivity contribution in [2.45, 2.75) is 31.7 Å². The third-order valence-electron chi connectivity index (χ3n) is 3.81. The summed E-state index contributed by atoms with van der Waals surface area (Å²) in [6.45, 7) is 2.03. The number of aryl methyl sites for hydroxylation is 1. The first kappa shape index (κ1) is 13.9. The number of anilines is 1. The summed E-state index contributed by atoms with van der Waals surface area (Å²) in [4.78, 5) is 4.17. The quantitative estimate of drug-likeness (QED) is 0.772. The Hall–Kier alpha value is -1.06. The molecule has 0 atom stereocenters. The van der Waals surface area contributed by atoms with Crippen molar-refractivity contribution in [3.8, 4) is 0 Å². The van der Waals surface area contributed by atoms with Crippen molar-refractivity contribution >= 4 is 33.2 Å². The standard InChI is InChI=1S/C16H16BrClN2/c1-10-6-15(16(18)19-9-10)20-14-7-12(8-14)11-2-4-13(17)5-3-11/h2-6,9,12,14,20H,7-8H2,1H3. The number of halogens is 2. The number of aromatic nitrogens is 1. The van der Waals surface area contributed by atoms with Gasteiger partial charge >= 0.3 is 0 Å². The van der Waals surface area contributed by atoms with Gasteiger partial charge in [-0.2, -0.15) is 0 Å². The first-order valence-electron chi connectivity index (χ1n) is 6.76. The molecule has 1 heterocycles. The molecule has 1 aromatic carbocycles. The molecule has 2 nitrogen and oxygen atoms in total. The normalized spacial score (nSPS) is 21.4. The van der Waals surface area contributed by atoms with E-state index in [1.165, 1.54) is 5.56 Å². The number of nitrogens with one attached hydrogen (secondary N) is 1. The number of hydrogen-bond donors (Lipinski definition) is 1. The van der Waals surface area contributed by atoms with E-state index in [-0.39, 0.29) is 0 Å². The zero-order valence-corrected chi connectivity index (χ0v) is 13.6. The molecule has 4 heteroatoms. The van der Waals surface area contributed by atoms with Crippen LogP contribution in [0.5, 0.6) is 0 Å². The van der Waals surface area contributed by atoms with Crippen LogP contribution in [0.15, 0.2) is 41.0 Å². The lowest BCUT2D eigenvalue weighted by Crippen LogP contribution is -2.34. The summed E-state index contributed by atoms with van der Waals surface area (Å²) < 4.78 is 1.13. The average molecular weight is 352 g/mol. The van der Waals surface area contributed by atoms with Crippen molar-refractivity contribution in [1.82, 2.24) is 4.98 Å². The number of nitrogens with zero attached hydrogens (tertiary/aromatic N) is 1. The molecule has 0 bridgehead atoms. The van der Waals surface area contributed by atoms with Gasteiger partial charge in [0.05, 0.1) is 5.69 Å². The summed E-state index contributed by atoms with van der Waals surface area (Å²) in [6.07, 6.45) is 4.08. The van der Waals surface area contributed by atoms with Crippen molar-refractivity contribution in [3.63, 3.8) is 0 Å². The Bertz CT molecular complexity index is 606. The Morgan fingerprint density at radius 3 is 2.65 bits per heavy atom. The van der Waals surface area contributed by atoms with Crippen LogP contribution in [0.3, 0.4) is 0 Å². The van der Waals surface area contributed by atoms with E-state index in [0.29, 0.717) is 17.1 Å². The minimum Gasteiger partial charge on any atom is -0.380 e. The van der Waals surface area contributed by atoms with Crippen LogP contribution in [-0.4, -0.2) is 11.0 Å². The fourth-order valence-corrected chi connectivity index (χ4v) is 3.04. The third kappa shape index (κ3) is 2.99. The molecule has 0 spiro atoms. The second-order valence-corrected chi connectivity index (χ2v) is 6.69. The highest BCUT2D eigenvalue weighted by atomic mass is 79.9.